The van der Waals surface area contributed by atoms with E-state index in [2.05, 4.69) is 16.2 Å². The maximum atomic E-state index is 13.0. The molecule has 1 fully saturated rings. The van der Waals surface area contributed by atoms with Crippen molar-refractivity contribution < 1.29 is 18.8 Å². The minimum Gasteiger partial charge on any atom is -0.325 e. The van der Waals surface area contributed by atoms with Gasteiger partial charge in [0.25, 0.3) is 11.8 Å². The Kier molecular flexibility index (Phi) is 4.95. The van der Waals surface area contributed by atoms with Gasteiger partial charge >= 0.3 is 0 Å². The molecule has 1 aliphatic carbocycles. The zero-order chi connectivity index (χ0) is 20.4. The van der Waals surface area contributed by atoms with Crippen molar-refractivity contribution in [2.75, 3.05) is 5.32 Å². The number of amides is 3. The fraction of sp³-hybridized carbons (Fsp3) is 0.136. The average molecular weight is 391 g/mol. The van der Waals surface area contributed by atoms with Crippen LogP contribution in [0.25, 0.3) is 10.8 Å². The minimum absolute atomic E-state index is 0.0180. The molecule has 1 saturated carbocycles. The molecule has 29 heavy (non-hydrogen) atoms. The number of fused-ring (bicyclic) bond motifs is 1. The molecular formula is C22H18FN3O3. The zero-order valence-electron chi connectivity index (χ0n) is 15.4. The summed E-state index contributed by atoms with van der Waals surface area (Å²) in [5.41, 5.74) is 5.48. The number of halogens is 1. The first-order chi connectivity index (χ1) is 14.0. The van der Waals surface area contributed by atoms with Crippen LogP contribution in [0, 0.1) is 11.7 Å². The molecule has 0 aliphatic heterocycles. The summed E-state index contributed by atoms with van der Waals surface area (Å²) in [4.78, 5) is 37.1. The van der Waals surface area contributed by atoms with Gasteiger partial charge < -0.3 is 5.32 Å². The summed E-state index contributed by atoms with van der Waals surface area (Å²) < 4.78 is 13.0. The molecule has 0 bridgehead atoms. The number of anilines is 1. The van der Waals surface area contributed by atoms with Gasteiger partial charge in [0.1, 0.15) is 5.82 Å². The molecule has 0 radical (unpaired) electrons. The van der Waals surface area contributed by atoms with Crippen LogP contribution in [-0.4, -0.2) is 17.7 Å². The van der Waals surface area contributed by atoms with Crippen molar-refractivity contribution in [3.05, 3.63) is 77.6 Å². The minimum atomic E-state index is -0.581. The van der Waals surface area contributed by atoms with E-state index >= 15 is 0 Å². The second-order valence-electron chi connectivity index (χ2n) is 6.92. The molecule has 1 aliphatic rings. The fourth-order valence-electron chi connectivity index (χ4n) is 2.97. The SMILES string of the molecule is O=C(NNC(=O)c1cc2ccccc2cc1NC(=O)C1CC1)c1ccc(F)cc1. The van der Waals surface area contributed by atoms with Crippen molar-refractivity contribution in [3.8, 4) is 0 Å². The Morgan fingerprint density at radius 3 is 2.10 bits per heavy atom. The van der Waals surface area contributed by atoms with Gasteiger partial charge in [0.15, 0.2) is 0 Å². The maximum absolute atomic E-state index is 13.0. The molecule has 0 saturated heterocycles. The van der Waals surface area contributed by atoms with Crippen LogP contribution in [-0.2, 0) is 4.79 Å². The van der Waals surface area contributed by atoms with Crippen LogP contribution >= 0.6 is 0 Å². The molecular weight excluding hydrogens is 373 g/mol. The van der Waals surface area contributed by atoms with E-state index in [0.717, 1.165) is 35.7 Å². The number of carbonyl (C=O) groups excluding carboxylic acids is 3. The lowest BCUT2D eigenvalue weighted by Crippen LogP contribution is -2.42. The highest BCUT2D eigenvalue weighted by Gasteiger charge is 2.30. The van der Waals surface area contributed by atoms with Crippen molar-refractivity contribution in [3.63, 3.8) is 0 Å². The molecule has 146 valence electrons. The molecule has 3 amide bonds. The van der Waals surface area contributed by atoms with Gasteiger partial charge in [0, 0.05) is 11.5 Å². The lowest BCUT2D eigenvalue weighted by molar-refractivity contribution is -0.117. The van der Waals surface area contributed by atoms with Crippen LogP contribution in [0.1, 0.15) is 33.6 Å². The predicted octanol–water partition coefficient (Wildman–Crippen LogP) is 3.40. The fourth-order valence-corrected chi connectivity index (χ4v) is 2.97. The van der Waals surface area contributed by atoms with E-state index < -0.39 is 17.6 Å². The van der Waals surface area contributed by atoms with Crippen molar-refractivity contribution in [2.24, 2.45) is 5.92 Å². The Labute approximate surface area is 166 Å². The quantitative estimate of drug-likeness (QED) is 0.596. The Balaban J connectivity index is 1.55. The third-order valence-corrected chi connectivity index (χ3v) is 4.73. The van der Waals surface area contributed by atoms with Crippen molar-refractivity contribution in [1.29, 1.82) is 0 Å². The van der Waals surface area contributed by atoms with E-state index in [1.807, 2.05) is 24.3 Å². The molecule has 0 aromatic heterocycles. The summed E-state index contributed by atoms with van der Waals surface area (Å²) in [6.07, 6.45) is 1.68. The largest absolute Gasteiger partial charge is 0.325 e. The maximum Gasteiger partial charge on any atom is 0.271 e. The van der Waals surface area contributed by atoms with E-state index in [1.165, 1.54) is 12.1 Å². The standard InChI is InChI=1S/C22H18FN3O3/c23-17-9-7-14(8-10-17)21(28)25-26-22(29)18-11-15-3-1-2-4-16(15)12-19(18)24-20(27)13-5-6-13/h1-4,7-13H,5-6H2,(H,24,27)(H,25,28)(H,26,29). The first-order valence-electron chi connectivity index (χ1n) is 9.21. The third-order valence-electron chi connectivity index (χ3n) is 4.73. The summed E-state index contributed by atoms with van der Waals surface area (Å²) in [6, 6.07) is 15.8. The summed E-state index contributed by atoms with van der Waals surface area (Å²) in [5.74, 6) is -1.75. The van der Waals surface area contributed by atoms with E-state index in [1.54, 1.807) is 12.1 Å². The smallest absolute Gasteiger partial charge is 0.271 e. The van der Waals surface area contributed by atoms with Crippen LogP contribution in [0.2, 0.25) is 0 Å². The number of hydrogen-bond donors (Lipinski definition) is 3. The van der Waals surface area contributed by atoms with Crippen LogP contribution in [0.4, 0.5) is 10.1 Å². The van der Waals surface area contributed by atoms with Gasteiger partial charge in [0.2, 0.25) is 5.91 Å². The van der Waals surface area contributed by atoms with Crippen molar-refractivity contribution >= 4 is 34.2 Å². The average Bonchev–Trinajstić information content (AvgIpc) is 3.57. The number of hydrogen-bond acceptors (Lipinski definition) is 3. The van der Waals surface area contributed by atoms with Crippen LogP contribution < -0.4 is 16.2 Å². The molecule has 0 spiro atoms. The highest BCUT2D eigenvalue weighted by Crippen LogP contribution is 2.31. The van der Waals surface area contributed by atoms with Crippen LogP contribution in [0.3, 0.4) is 0 Å². The Morgan fingerprint density at radius 2 is 1.45 bits per heavy atom. The Bertz CT molecular complexity index is 1110. The molecule has 0 atom stereocenters. The molecule has 7 heteroatoms. The Hall–Kier alpha value is -3.74. The summed E-state index contributed by atoms with van der Waals surface area (Å²) in [5, 5.41) is 4.52. The first-order valence-corrected chi connectivity index (χ1v) is 9.21. The molecule has 4 rings (SSSR count). The molecule has 3 aromatic rings. The van der Waals surface area contributed by atoms with Gasteiger partial charge in [0.05, 0.1) is 11.3 Å². The van der Waals surface area contributed by atoms with Gasteiger partial charge in [-0.2, -0.15) is 0 Å². The summed E-state index contributed by atoms with van der Waals surface area (Å²) >= 11 is 0. The monoisotopic (exact) mass is 391 g/mol. The molecule has 3 aromatic carbocycles. The van der Waals surface area contributed by atoms with Gasteiger partial charge in [-0.1, -0.05) is 24.3 Å². The van der Waals surface area contributed by atoms with Crippen LogP contribution in [0.5, 0.6) is 0 Å². The lowest BCUT2D eigenvalue weighted by Gasteiger charge is -2.14. The predicted molar refractivity (Wildman–Crippen MR) is 107 cm³/mol. The van der Waals surface area contributed by atoms with E-state index in [4.69, 9.17) is 0 Å². The Morgan fingerprint density at radius 1 is 0.828 bits per heavy atom. The second kappa shape index (κ2) is 7.71. The van der Waals surface area contributed by atoms with Crippen LogP contribution in [0.15, 0.2) is 60.7 Å². The second-order valence-corrected chi connectivity index (χ2v) is 6.92. The van der Waals surface area contributed by atoms with E-state index in [0.29, 0.717) is 5.69 Å². The van der Waals surface area contributed by atoms with Crippen molar-refractivity contribution in [1.82, 2.24) is 10.9 Å². The van der Waals surface area contributed by atoms with Crippen molar-refractivity contribution in [2.45, 2.75) is 12.8 Å². The lowest BCUT2D eigenvalue weighted by atomic mass is 10.0. The molecule has 3 N–H and O–H groups in total. The first kappa shape index (κ1) is 18.6. The molecule has 6 nitrogen and oxygen atoms in total. The molecule has 0 heterocycles. The highest BCUT2D eigenvalue weighted by molar-refractivity contribution is 6.09. The zero-order valence-corrected chi connectivity index (χ0v) is 15.4. The van der Waals surface area contributed by atoms with Gasteiger partial charge in [-0.25, -0.2) is 4.39 Å². The topological polar surface area (TPSA) is 87.3 Å². The number of hydrazine groups is 1. The third kappa shape index (κ3) is 4.24. The van der Waals surface area contributed by atoms with E-state index in [-0.39, 0.29) is 23.0 Å². The number of nitrogens with one attached hydrogen (secondary N) is 3. The van der Waals surface area contributed by atoms with Gasteiger partial charge in [-0.15, -0.1) is 0 Å². The number of carbonyl (C=O) groups is 3. The van der Waals surface area contributed by atoms with Gasteiger partial charge in [-0.3, -0.25) is 25.2 Å². The highest BCUT2D eigenvalue weighted by atomic mass is 19.1. The molecule has 0 unspecified atom stereocenters. The normalized spacial score (nSPS) is 13.0. The number of rotatable bonds is 4. The summed E-state index contributed by atoms with van der Waals surface area (Å²) in [7, 11) is 0. The number of benzene rings is 3. The van der Waals surface area contributed by atoms with E-state index in [9.17, 15) is 18.8 Å². The van der Waals surface area contributed by atoms with Gasteiger partial charge in [-0.05, 0) is 60.0 Å². The summed E-state index contributed by atoms with van der Waals surface area (Å²) in [6.45, 7) is 0.